The van der Waals surface area contributed by atoms with Crippen molar-refractivity contribution in [1.82, 2.24) is 9.80 Å². The Morgan fingerprint density at radius 3 is 2.40 bits per heavy atom. The lowest BCUT2D eigenvalue weighted by atomic mass is 9.83. The first kappa shape index (κ1) is 27.4. The molecule has 10 aliphatic rings. The maximum Gasteiger partial charge on any atom is 0.145 e. The summed E-state index contributed by atoms with van der Waals surface area (Å²) in [5, 5.41) is 1.22. The molecule has 4 heterocycles. The second-order valence-electron chi connectivity index (χ2n) is 14.6. The van der Waals surface area contributed by atoms with Crippen LogP contribution in [-0.2, 0) is 20.6 Å². The standard InChI is InChI=1S/C42H40N2O4/c1-5-13-37-31(9-1)43(32-10-2-6-14-38(32)47-37)25-17-19-35-27(21-25)29-23-42-30(24-41(29)45-35)28-22-26(18-20-36(28)46-42)44-33-11-3-7-15-39(33)48-40-16-8-4-12-34(40)44/h1,5-7,13-20,23-26,30-31,34,42H,2-4,8-12,21-22H2. The van der Waals surface area contributed by atoms with Gasteiger partial charge in [-0.1, -0.05) is 36.5 Å². The molecule has 3 aliphatic heterocycles. The molecule has 0 bridgehead atoms. The minimum atomic E-state index is -0.00151. The Kier molecular flexibility index (Phi) is 5.97. The SMILES string of the molecule is C1=CCC2C(=C1)OC1=C(CCC=C1)N2C1C=Cc2oc3c(c2C1)=CC1OC2=C(CC(N4C5=C(C=CCC5)OC5=CCCCC54)C=C2)C1C=3. The van der Waals surface area contributed by atoms with E-state index in [4.69, 9.17) is 18.6 Å². The van der Waals surface area contributed by atoms with Gasteiger partial charge in [-0.3, -0.25) is 0 Å². The predicted octanol–water partition coefficient (Wildman–Crippen LogP) is 6.83. The summed E-state index contributed by atoms with van der Waals surface area (Å²) < 4.78 is 26.3. The molecule has 0 saturated heterocycles. The van der Waals surface area contributed by atoms with Crippen molar-refractivity contribution >= 4 is 18.2 Å². The van der Waals surface area contributed by atoms with E-state index >= 15 is 0 Å². The number of fused-ring (bicyclic) bond motifs is 7. The highest BCUT2D eigenvalue weighted by Crippen LogP contribution is 2.46. The molecular formula is C42H40N2O4. The molecular weight excluding hydrogens is 596 g/mol. The molecule has 0 aromatic carbocycles. The van der Waals surface area contributed by atoms with Gasteiger partial charge >= 0.3 is 0 Å². The van der Waals surface area contributed by atoms with Gasteiger partial charge in [-0.05, 0) is 112 Å². The molecule has 0 radical (unpaired) electrons. The number of hydrogen-bond donors (Lipinski definition) is 0. The summed E-state index contributed by atoms with van der Waals surface area (Å²) in [5.74, 6) is 6.51. The van der Waals surface area contributed by atoms with E-state index in [0.717, 1.165) is 97.8 Å². The summed E-state index contributed by atoms with van der Waals surface area (Å²) in [7, 11) is 0. The molecule has 0 saturated carbocycles. The lowest BCUT2D eigenvalue weighted by Gasteiger charge is -2.47. The van der Waals surface area contributed by atoms with Gasteiger partial charge in [0.25, 0.3) is 0 Å². The normalized spacial score (nSPS) is 33.3. The Balaban J connectivity index is 0.903. The molecule has 48 heavy (non-hydrogen) atoms. The highest BCUT2D eigenvalue weighted by atomic mass is 16.5. The van der Waals surface area contributed by atoms with E-state index in [1.165, 1.54) is 34.2 Å². The summed E-state index contributed by atoms with van der Waals surface area (Å²) in [4.78, 5) is 5.34. The molecule has 6 heteroatoms. The zero-order valence-corrected chi connectivity index (χ0v) is 27.1. The average Bonchev–Trinajstić information content (AvgIpc) is 3.68. The molecule has 11 rings (SSSR count). The summed E-state index contributed by atoms with van der Waals surface area (Å²) in [6.45, 7) is 0. The monoisotopic (exact) mass is 636 g/mol. The summed E-state index contributed by atoms with van der Waals surface area (Å²) >= 11 is 0. The van der Waals surface area contributed by atoms with Crippen LogP contribution in [0.5, 0.6) is 0 Å². The van der Waals surface area contributed by atoms with Crippen molar-refractivity contribution < 1.29 is 18.6 Å². The van der Waals surface area contributed by atoms with Crippen molar-refractivity contribution in [1.29, 1.82) is 0 Å². The summed E-state index contributed by atoms with van der Waals surface area (Å²) in [6.07, 6.45) is 42.2. The molecule has 0 amide bonds. The van der Waals surface area contributed by atoms with Crippen LogP contribution in [-0.4, -0.2) is 40.1 Å². The third kappa shape index (κ3) is 4.04. The Bertz CT molecular complexity index is 2070. The number of ether oxygens (including phenoxy) is 3. The molecule has 6 nitrogen and oxygen atoms in total. The van der Waals surface area contributed by atoms with Gasteiger partial charge in [0, 0.05) is 23.1 Å². The van der Waals surface area contributed by atoms with Gasteiger partial charge in [0.15, 0.2) is 0 Å². The second kappa shape index (κ2) is 10.5. The van der Waals surface area contributed by atoms with Crippen LogP contribution in [0.1, 0.15) is 69.1 Å². The fourth-order valence-corrected chi connectivity index (χ4v) is 9.84. The van der Waals surface area contributed by atoms with Crippen molar-refractivity contribution in [3.05, 3.63) is 135 Å². The Labute approximate surface area is 281 Å². The van der Waals surface area contributed by atoms with Crippen LogP contribution in [0.2, 0.25) is 0 Å². The fourth-order valence-electron chi connectivity index (χ4n) is 9.84. The maximum absolute atomic E-state index is 6.73. The average molecular weight is 637 g/mol. The molecule has 6 atom stereocenters. The summed E-state index contributed by atoms with van der Waals surface area (Å²) in [5.41, 5.74) is 6.42. The topological polar surface area (TPSA) is 47.3 Å². The molecule has 7 aliphatic carbocycles. The number of nitrogens with zero attached hydrogens (tertiary/aromatic N) is 2. The fraction of sp³-hybridized carbons (Fsp3) is 0.381. The Morgan fingerprint density at radius 2 is 1.52 bits per heavy atom. The Hall–Kier alpha value is -4.58. The van der Waals surface area contributed by atoms with Gasteiger partial charge in [0.05, 0.1) is 35.6 Å². The largest absolute Gasteiger partial charge is 0.485 e. The molecule has 1 aromatic rings. The number of rotatable bonds is 2. The van der Waals surface area contributed by atoms with Gasteiger partial charge in [-0.15, -0.1) is 0 Å². The number of hydrogen-bond acceptors (Lipinski definition) is 6. The van der Waals surface area contributed by atoms with Crippen LogP contribution in [0.15, 0.2) is 117 Å². The minimum Gasteiger partial charge on any atom is -0.485 e. The zero-order valence-electron chi connectivity index (χ0n) is 27.1. The third-order valence-electron chi connectivity index (χ3n) is 12.0. The highest BCUT2D eigenvalue weighted by molar-refractivity contribution is 5.60. The molecule has 242 valence electrons. The van der Waals surface area contributed by atoms with Crippen LogP contribution in [0.4, 0.5) is 0 Å². The second-order valence-corrected chi connectivity index (χ2v) is 14.6. The minimum absolute atomic E-state index is 0.00151. The highest BCUT2D eigenvalue weighted by Gasteiger charge is 2.44. The first-order valence-corrected chi connectivity index (χ1v) is 18.2. The molecule has 0 N–H and O–H groups in total. The van der Waals surface area contributed by atoms with E-state index in [2.05, 4.69) is 94.9 Å². The molecule has 0 spiro atoms. The van der Waals surface area contributed by atoms with Crippen molar-refractivity contribution in [2.45, 2.75) is 94.5 Å². The lowest BCUT2D eigenvalue weighted by Crippen LogP contribution is -2.48. The maximum atomic E-state index is 6.73. The van der Waals surface area contributed by atoms with Crippen molar-refractivity contribution in [3.8, 4) is 0 Å². The van der Waals surface area contributed by atoms with E-state index in [0.29, 0.717) is 6.04 Å². The van der Waals surface area contributed by atoms with Gasteiger partial charge in [0.2, 0.25) is 0 Å². The molecule has 1 aromatic heterocycles. The Morgan fingerprint density at radius 1 is 0.729 bits per heavy atom. The first-order valence-electron chi connectivity index (χ1n) is 18.2. The van der Waals surface area contributed by atoms with Crippen LogP contribution >= 0.6 is 0 Å². The van der Waals surface area contributed by atoms with E-state index < -0.39 is 0 Å². The van der Waals surface area contributed by atoms with Crippen LogP contribution in [0, 0.1) is 5.92 Å². The quantitative estimate of drug-likeness (QED) is 0.355. The van der Waals surface area contributed by atoms with Crippen molar-refractivity contribution in [2.75, 3.05) is 0 Å². The lowest BCUT2D eigenvalue weighted by molar-refractivity contribution is 0.103. The first-order chi connectivity index (χ1) is 23.8. The van der Waals surface area contributed by atoms with E-state index in [1.54, 1.807) is 0 Å². The molecule has 6 unspecified atom stereocenters. The third-order valence-corrected chi connectivity index (χ3v) is 12.0. The van der Waals surface area contributed by atoms with Gasteiger partial charge in [0.1, 0.15) is 46.1 Å². The van der Waals surface area contributed by atoms with Crippen LogP contribution in [0.25, 0.3) is 18.2 Å². The van der Waals surface area contributed by atoms with E-state index in [1.807, 2.05) is 0 Å². The zero-order chi connectivity index (χ0) is 31.3. The van der Waals surface area contributed by atoms with Crippen molar-refractivity contribution in [3.63, 3.8) is 0 Å². The van der Waals surface area contributed by atoms with Gasteiger partial charge < -0.3 is 28.4 Å². The van der Waals surface area contributed by atoms with Gasteiger partial charge in [-0.25, -0.2) is 0 Å². The predicted molar refractivity (Wildman–Crippen MR) is 184 cm³/mol. The van der Waals surface area contributed by atoms with E-state index in [-0.39, 0.29) is 30.1 Å². The van der Waals surface area contributed by atoms with Gasteiger partial charge in [-0.2, -0.15) is 0 Å². The van der Waals surface area contributed by atoms with Crippen molar-refractivity contribution in [2.24, 2.45) is 5.92 Å². The van der Waals surface area contributed by atoms with E-state index in [9.17, 15) is 0 Å². The smallest absolute Gasteiger partial charge is 0.145 e. The summed E-state index contributed by atoms with van der Waals surface area (Å²) in [6, 6.07) is 1.09. The van der Waals surface area contributed by atoms with Crippen LogP contribution < -0.4 is 10.6 Å². The molecule has 0 fully saturated rings. The van der Waals surface area contributed by atoms with Crippen LogP contribution in [0.3, 0.4) is 0 Å². The number of allylic oxidation sites excluding steroid dienone is 10. The number of furan rings is 1.